The molecule has 6 nitrogen and oxygen atoms in total. The molecule has 0 atom stereocenters. The van der Waals surface area contributed by atoms with E-state index in [-0.39, 0.29) is 34.3 Å². The zero-order valence-corrected chi connectivity index (χ0v) is 17.5. The van der Waals surface area contributed by atoms with Crippen molar-refractivity contribution in [2.75, 3.05) is 24.6 Å². The van der Waals surface area contributed by atoms with Crippen LogP contribution in [0.15, 0.2) is 53.9 Å². The first-order chi connectivity index (χ1) is 13.3. The van der Waals surface area contributed by atoms with Crippen LogP contribution in [-0.2, 0) is 14.8 Å². The standard InChI is InChI=1S/C20H22ClNO5S/c1-5-11-22(15-7-9-18(21)17(13-15)20(23)27-6-2)28(24,25)16-8-10-19(26-4)14(3)12-16/h5,7-10,12-13H,1,6,11H2,2-4H3. The van der Waals surface area contributed by atoms with E-state index < -0.39 is 16.0 Å². The summed E-state index contributed by atoms with van der Waals surface area (Å²) in [4.78, 5) is 12.2. The van der Waals surface area contributed by atoms with Crippen molar-refractivity contribution < 1.29 is 22.7 Å². The van der Waals surface area contributed by atoms with E-state index in [0.29, 0.717) is 11.3 Å². The Morgan fingerprint density at radius 1 is 1.25 bits per heavy atom. The van der Waals surface area contributed by atoms with Gasteiger partial charge in [-0.25, -0.2) is 13.2 Å². The highest BCUT2D eigenvalue weighted by Gasteiger charge is 2.26. The molecule has 0 heterocycles. The van der Waals surface area contributed by atoms with E-state index in [2.05, 4.69) is 6.58 Å². The number of anilines is 1. The Morgan fingerprint density at radius 3 is 2.54 bits per heavy atom. The Balaban J connectivity index is 2.55. The molecule has 0 spiro atoms. The molecule has 0 bridgehead atoms. The fraction of sp³-hybridized carbons (Fsp3) is 0.250. The Morgan fingerprint density at radius 2 is 1.96 bits per heavy atom. The Bertz CT molecular complexity index is 988. The molecule has 8 heteroatoms. The van der Waals surface area contributed by atoms with Crippen molar-refractivity contribution in [1.29, 1.82) is 0 Å². The molecule has 0 N–H and O–H groups in total. The maximum absolute atomic E-state index is 13.3. The number of nitrogens with zero attached hydrogens (tertiary/aromatic N) is 1. The van der Waals surface area contributed by atoms with Gasteiger partial charge >= 0.3 is 5.97 Å². The van der Waals surface area contributed by atoms with Crippen molar-refractivity contribution in [3.05, 3.63) is 65.2 Å². The zero-order chi connectivity index (χ0) is 20.9. The number of ether oxygens (including phenoxy) is 2. The largest absolute Gasteiger partial charge is 0.496 e. The Labute approximate surface area is 170 Å². The number of carbonyl (C=O) groups excluding carboxylic acids is 1. The predicted octanol–water partition coefficient (Wildman–Crippen LogP) is 4.22. The maximum Gasteiger partial charge on any atom is 0.339 e. The molecule has 2 aromatic rings. The van der Waals surface area contributed by atoms with Gasteiger partial charge in [-0.1, -0.05) is 17.7 Å². The smallest absolute Gasteiger partial charge is 0.339 e. The molecule has 0 fully saturated rings. The molecule has 0 aliphatic carbocycles. The minimum atomic E-state index is -3.92. The van der Waals surface area contributed by atoms with Crippen molar-refractivity contribution in [3.8, 4) is 5.75 Å². The molecule has 0 aromatic heterocycles. The first kappa shape index (κ1) is 21.8. The molecule has 0 saturated carbocycles. The van der Waals surface area contributed by atoms with Crippen LogP contribution in [-0.4, -0.2) is 34.6 Å². The lowest BCUT2D eigenvalue weighted by atomic mass is 10.2. The van der Waals surface area contributed by atoms with Crippen LogP contribution in [0.2, 0.25) is 5.02 Å². The molecular formula is C20H22ClNO5S. The van der Waals surface area contributed by atoms with Gasteiger partial charge in [-0.15, -0.1) is 6.58 Å². The average molecular weight is 424 g/mol. The van der Waals surface area contributed by atoms with Gasteiger partial charge in [0.05, 0.1) is 41.4 Å². The fourth-order valence-electron chi connectivity index (χ4n) is 2.63. The summed E-state index contributed by atoms with van der Waals surface area (Å²) in [6.07, 6.45) is 1.46. The summed E-state index contributed by atoms with van der Waals surface area (Å²) in [5, 5.41) is 0.179. The van der Waals surface area contributed by atoms with Gasteiger partial charge in [-0.05, 0) is 55.8 Å². The number of hydrogen-bond acceptors (Lipinski definition) is 5. The van der Waals surface area contributed by atoms with E-state index in [1.54, 1.807) is 19.9 Å². The van der Waals surface area contributed by atoms with Gasteiger partial charge < -0.3 is 9.47 Å². The average Bonchev–Trinajstić information content (AvgIpc) is 2.66. The van der Waals surface area contributed by atoms with Gasteiger partial charge in [-0.3, -0.25) is 4.31 Å². The number of aryl methyl sites for hydroxylation is 1. The third-order valence-corrected chi connectivity index (χ3v) is 6.10. The van der Waals surface area contributed by atoms with Crippen LogP contribution in [0.3, 0.4) is 0 Å². The highest BCUT2D eigenvalue weighted by Crippen LogP contribution is 2.30. The van der Waals surface area contributed by atoms with E-state index in [0.717, 1.165) is 4.31 Å². The van der Waals surface area contributed by atoms with Gasteiger partial charge in [0.25, 0.3) is 10.0 Å². The summed E-state index contributed by atoms with van der Waals surface area (Å²) in [6.45, 7) is 7.27. The fourth-order valence-corrected chi connectivity index (χ4v) is 4.34. The second kappa shape index (κ2) is 9.12. The van der Waals surface area contributed by atoms with Crippen LogP contribution in [0.25, 0.3) is 0 Å². The number of benzene rings is 2. The highest BCUT2D eigenvalue weighted by molar-refractivity contribution is 7.92. The molecule has 2 rings (SSSR count). The molecule has 28 heavy (non-hydrogen) atoms. The SMILES string of the molecule is C=CCN(c1ccc(Cl)c(C(=O)OCC)c1)S(=O)(=O)c1ccc(OC)c(C)c1. The van der Waals surface area contributed by atoms with Crippen molar-refractivity contribution in [2.45, 2.75) is 18.7 Å². The second-order valence-corrected chi connectivity index (χ2v) is 8.11. The normalized spacial score (nSPS) is 11.0. The molecule has 2 aromatic carbocycles. The molecule has 0 aliphatic rings. The Kier molecular flexibility index (Phi) is 7.10. The topological polar surface area (TPSA) is 72.9 Å². The molecule has 150 valence electrons. The van der Waals surface area contributed by atoms with Crippen molar-refractivity contribution in [1.82, 2.24) is 0 Å². The number of sulfonamides is 1. The van der Waals surface area contributed by atoms with E-state index >= 15 is 0 Å². The molecule has 0 radical (unpaired) electrons. The zero-order valence-electron chi connectivity index (χ0n) is 15.9. The predicted molar refractivity (Wildman–Crippen MR) is 110 cm³/mol. The van der Waals surface area contributed by atoms with E-state index in [1.807, 2.05) is 0 Å². The van der Waals surface area contributed by atoms with Gasteiger partial charge in [0.2, 0.25) is 0 Å². The minimum absolute atomic E-state index is 0.0112. The minimum Gasteiger partial charge on any atom is -0.496 e. The maximum atomic E-state index is 13.3. The van der Waals surface area contributed by atoms with Crippen LogP contribution < -0.4 is 9.04 Å². The number of esters is 1. The Hall–Kier alpha value is -2.51. The lowest BCUT2D eigenvalue weighted by Crippen LogP contribution is -2.31. The monoisotopic (exact) mass is 423 g/mol. The number of halogens is 1. The number of hydrogen-bond donors (Lipinski definition) is 0. The first-order valence-electron chi connectivity index (χ1n) is 8.51. The van der Waals surface area contributed by atoms with Crippen LogP contribution in [0.4, 0.5) is 5.69 Å². The summed E-state index contributed by atoms with van der Waals surface area (Å²) in [7, 11) is -2.40. The molecule has 0 aliphatic heterocycles. The first-order valence-corrected chi connectivity index (χ1v) is 10.3. The quantitative estimate of drug-likeness (QED) is 0.469. The van der Waals surface area contributed by atoms with E-state index in [1.165, 1.54) is 43.5 Å². The number of rotatable bonds is 8. The van der Waals surface area contributed by atoms with Gasteiger partial charge in [0.15, 0.2) is 0 Å². The highest BCUT2D eigenvalue weighted by atomic mass is 35.5. The lowest BCUT2D eigenvalue weighted by Gasteiger charge is -2.24. The van der Waals surface area contributed by atoms with Crippen molar-refractivity contribution >= 4 is 33.3 Å². The molecular weight excluding hydrogens is 402 g/mol. The number of methoxy groups -OCH3 is 1. The van der Waals surface area contributed by atoms with Crippen LogP contribution in [0, 0.1) is 6.92 Å². The lowest BCUT2D eigenvalue weighted by molar-refractivity contribution is 0.0526. The van der Waals surface area contributed by atoms with Crippen LogP contribution in [0.1, 0.15) is 22.8 Å². The summed E-state index contributed by atoms with van der Waals surface area (Å²) in [5.74, 6) is -0.0316. The summed E-state index contributed by atoms with van der Waals surface area (Å²) in [5.41, 5.74) is 1.06. The van der Waals surface area contributed by atoms with Crippen LogP contribution in [0.5, 0.6) is 5.75 Å². The van der Waals surface area contributed by atoms with E-state index in [4.69, 9.17) is 21.1 Å². The van der Waals surface area contributed by atoms with Crippen molar-refractivity contribution in [3.63, 3.8) is 0 Å². The molecule has 0 saturated heterocycles. The third kappa shape index (κ3) is 4.48. The summed E-state index contributed by atoms with van der Waals surface area (Å²) in [6, 6.07) is 9.00. The second-order valence-electron chi connectivity index (χ2n) is 5.84. The van der Waals surface area contributed by atoms with Crippen LogP contribution >= 0.6 is 11.6 Å². The molecule has 0 amide bonds. The summed E-state index contributed by atoms with van der Waals surface area (Å²) < 4.78 is 37.8. The molecule has 0 unspecified atom stereocenters. The van der Waals surface area contributed by atoms with E-state index in [9.17, 15) is 13.2 Å². The van der Waals surface area contributed by atoms with Gasteiger partial charge in [0.1, 0.15) is 5.75 Å². The van der Waals surface area contributed by atoms with Gasteiger partial charge in [-0.2, -0.15) is 0 Å². The number of carbonyl (C=O) groups is 1. The van der Waals surface area contributed by atoms with Gasteiger partial charge in [0, 0.05) is 0 Å². The van der Waals surface area contributed by atoms with Crippen molar-refractivity contribution in [2.24, 2.45) is 0 Å². The third-order valence-electron chi connectivity index (χ3n) is 3.98. The summed E-state index contributed by atoms with van der Waals surface area (Å²) >= 11 is 6.09.